The van der Waals surface area contributed by atoms with Crippen LogP contribution < -0.4 is 9.46 Å². The second-order valence-corrected chi connectivity index (χ2v) is 6.44. The Kier molecular flexibility index (Phi) is 4.39. The first-order chi connectivity index (χ1) is 9.83. The average Bonchev–Trinajstić information content (AvgIpc) is 2.42. The third-order valence-electron chi connectivity index (χ3n) is 2.79. The Balaban J connectivity index is 2.41. The summed E-state index contributed by atoms with van der Waals surface area (Å²) < 4.78 is 45.5. The number of hydrogen-bond donors (Lipinski definition) is 1. The molecule has 1 N–H and O–H groups in total. The molecule has 0 aliphatic rings. The first-order valence-electron chi connectivity index (χ1n) is 5.96. The molecule has 0 saturated carbocycles. The molecule has 2 aromatic carbocycles. The van der Waals surface area contributed by atoms with E-state index in [0.717, 1.165) is 17.7 Å². The SMILES string of the molecule is COc1ccc(S(=O)(=O)Nc2cc(C)ccc2Cl)c(F)c1. The van der Waals surface area contributed by atoms with Crippen LogP contribution in [0, 0.1) is 12.7 Å². The van der Waals surface area contributed by atoms with Crippen LogP contribution >= 0.6 is 11.6 Å². The summed E-state index contributed by atoms with van der Waals surface area (Å²) in [6.07, 6.45) is 0. The van der Waals surface area contributed by atoms with E-state index in [4.69, 9.17) is 16.3 Å². The van der Waals surface area contributed by atoms with E-state index < -0.39 is 20.7 Å². The predicted octanol–water partition coefficient (Wildman–Crippen LogP) is 3.60. The molecule has 112 valence electrons. The first-order valence-corrected chi connectivity index (χ1v) is 7.82. The predicted molar refractivity (Wildman–Crippen MR) is 79.9 cm³/mol. The molecule has 0 heterocycles. The molecule has 0 saturated heterocycles. The van der Waals surface area contributed by atoms with Crippen molar-refractivity contribution in [3.8, 4) is 5.75 Å². The van der Waals surface area contributed by atoms with Crippen LogP contribution in [0.1, 0.15) is 5.56 Å². The molecule has 0 aromatic heterocycles. The van der Waals surface area contributed by atoms with Gasteiger partial charge >= 0.3 is 0 Å². The Bertz CT molecular complexity index is 778. The lowest BCUT2D eigenvalue weighted by Gasteiger charge is -2.11. The van der Waals surface area contributed by atoms with Crippen molar-refractivity contribution in [3.05, 3.63) is 52.8 Å². The molecular formula is C14H13ClFNO3S. The molecule has 2 aromatic rings. The Labute approximate surface area is 127 Å². The molecule has 0 aliphatic carbocycles. The van der Waals surface area contributed by atoms with E-state index in [-0.39, 0.29) is 16.5 Å². The van der Waals surface area contributed by atoms with Gasteiger partial charge in [-0.2, -0.15) is 0 Å². The first kappa shape index (κ1) is 15.6. The highest BCUT2D eigenvalue weighted by Gasteiger charge is 2.20. The van der Waals surface area contributed by atoms with Crippen molar-refractivity contribution < 1.29 is 17.5 Å². The zero-order valence-electron chi connectivity index (χ0n) is 11.4. The number of rotatable bonds is 4. The van der Waals surface area contributed by atoms with Crippen LogP contribution in [0.4, 0.5) is 10.1 Å². The number of nitrogens with one attached hydrogen (secondary N) is 1. The summed E-state index contributed by atoms with van der Waals surface area (Å²) in [5.74, 6) is -0.661. The van der Waals surface area contributed by atoms with Gasteiger partial charge in [0.05, 0.1) is 17.8 Å². The fourth-order valence-electron chi connectivity index (χ4n) is 1.74. The molecule has 4 nitrogen and oxygen atoms in total. The van der Waals surface area contributed by atoms with Gasteiger partial charge in [0.15, 0.2) is 0 Å². The van der Waals surface area contributed by atoms with Gasteiger partial charge in [-0.15, -0.1) is 0 Å². The Morgan fingerprint density at radius 1 is 1.19 bits per heavy atom. The van der Waals surface area contributed by atoms with Gasteiger partial charge in [-0.3, -0.25) is 4.72 Å². The number of ether oxygens (including phenoxy) is 1. The van der Waals surface area contributed by atoms with Crippen molar-refractivity contribution in [1.82, 2.24) is 0 Å². The summed E-state index contributed by atoms with van der Waals surface area (Å²) >= 11 is 5.94. The van der Waals surface area contributed by atoms with Gasteiger partial charge in [0.2, 0.25) is 0 Å². The smallest absolute Gasteiger partial charge is 0.264 e. The highest BCUT2D eigenvalue weighted by molar-refractivity contribution is 7.92. The highest BCUT2D eigenvalue weighted by Crippen LogP contribution is 2.27. The quantitative estimate of drug-likeness (QED) is 0.932. The van der Waals surface area contributed by atoms with E-state index in [1.54, 1.807) is 25.1 Å². The third-order valence-corrected chi connectivity index (χ3v) is 4.52. The average molecular weight is 330 g/mol. The van der Waals surface area contributed by atoms with Crippen LogP contribution in [0.2, 0.25) is 5.02 Å². The van der Waals surface area contributed by atoms with E-state index >= 15 is 0 Å². The zero-order valence-corrected chi connectivity index (χ0v) is 12.9. The molecule has 0 fully saturated rings. The lowest BCUT2D eigenvalue weighted by atomic mass is 10.2. The standard InChI is InChI=1S/C14H13ClFNO3S/c1-9-3-5-11(15)13(7-9)17-21(18,19)14-6-4-10(20-2)8-12(14)16/h3-8,17H,1-2H3. The lowest BCUT2D eigenvalue weighted by molar-refractivity contribution is 0.410. The monoisotopic (exact) mass is 329 g/mol. The molecule has 0 atom stereocenters. The van der Waals surface area contributed by atoms with Gasteiger partial charge in [0.25, 0.3) is 10.0 Å². The van der Waals surface area contributed by atoms with E-state index in [2.05, 4.69) is 4.72 Å². The van der Waals surface area contributed by atoms with Gasteiger partial charge < -0.3 is 4.74 Å². The van der Waals surface area contributed by atoms with Crippen LogP contribution in [0.5, 0.6) is 5.75 Å². The van der Waals surface area contributed by atoms with Gasteiger partial charge in [-0.1, -0.05) is 17.7 Å². The Morgan fingerprint density at radius 3 is 2.52 bits per heavy atom. The van der Waals surface area contributed by atoms with Crippen LogP contribution in [0.25, 0.3) is 0 Å². The number of methoxy groups -OCH3 is 1. The van der Waals surface area contributed by atoms with Gasteiger partial charge in [-0.05, 0) is 36.8 Å². The van der Waals surface area contributed by atoms with Crippen LogP contribution in [-0.2, 0) is 10.0 Å². The largest absolute Gasteiger partial charge is 0.497 e. The summed E-state index contributed by atoms with van der Waals surface area (Å²) in [5.41, 5.74) is 1.03. The van der Waals surface area contributed by atoms with E-state index in [1.165, 1.54) is 13.2 Å². The van der Waals surface area contributed by atoms with Crippen LogP contribution in [-0.4, -0.2) is 15.5 Å². The highest BCUT2D eigenvalue weighted by atomic mass is 35.5. The molecule has 0 amide bonds. The number of benzene rings is 2. The van der Waals surface area contributed by atoms with Crippen molar-refractivity contribution in [1.29, 1.82) is 0 Å². The van der Waals surface area contributed by atoms with Gasteiger partial charge in [0.1, 0.15) is 16.5 Å². The van der Waals surface area contributed by atoms with Gasteiger partial charge in [0, 0.05) is 6.07 Å². The Morgan fingerprint density at radius 2 is 1.90 bits per heavy atom. The lowest BCUT2D eigenvalue weighted by Crippen LogP contribution is -2.15. The summed E-state index contributed by atoms with van der Waals surface area (Å²) in [5, 5.41) is 0.234. The number of halogens is 2. The van der Waals surface area contributed by atoms with Gasteiger partial charge in [-0.25, -0.2) is 12.8 Å². The molecular weight excluding hydrogens is 317 g/mol. The molecule has 7 heteroatoms. The second kappa shape index (κ2) is 5.91. The van der Waals surface area contributed by atoms with Crippen molar-refractivity contribution in [3.63, 3.8) is 0 Å². The number of sulfonamides is 1. The van der Waals surface area contributed by atoms with Crippen LogP contribution in [0.3, 0.4) is 0 Å². The molecule has 21 heavy (non-hydrogen) atoms. The number of hydrogen-bond acceptors (Lipinski definition) is 3. The molecule has 2 rings (SSSR count). The maximum Gasteiger partial charge on any atom is 0.264 e. The Hall–Kier alpha value is -1.79. The zero-order chi connectivity index (χ0) is 15.6. The maximum absolute atomic E-state index is 13.9. The van der Waals surface area contributed by atoms with Crippen molar-refractivity contribution in [2.75, 3.05) is 11.8 Å². The summed E-state index contributed by atoms with van der Waals surface area (Å²) in [7, 11) is -2.70. The second-order valence-electron chi connectivity index (χ2n) is 4.39. The molecule has 0 spiro atoms. The fraction of sp³-hybridized carbons (Fsp3) is 0.143. The third kappa shape index (κ3) is 3.46. The number of anilines is 1. The van der Waals surface area contributed by atoms with E-state index in [9.17, 15) is 12.8 Å². The normalized spacial score (nSPS) is 11.2. The molecule has 0 unspecified atom stereocenters. The van der Waals surface area contributed by atoms with Crippen LogP contribution in [0.15, 0.2) is 41.3 Å². The van der Waals surface area contributed by atoms with Crippen molar-refractivity contribution in [2.45, 2.75) is 11.8 Å². The molecule has 0 bridgehead atoms. The topological polar surface area (TPSA) is 55.4 Å². The van der Waals surface area contributed by atoms with E-state index in [1.807, 2.05) is 0 Å². The minimum Gasteiger partial charge on any atom is -0.497 e. The van der Waals surface area contributed by atoms with E-state index in [0.29, 0.717) is 0 Å². The molecule has 0 aliphatic heterocycles. The summed E-state index contributed by atoms with van der Waals surface area (Å²) in [6, 6.07) is 8.40. The van der Waals surface area contributed by atoms with Crippen molar-refractivity contribution in [2.24, 2.45) is 0 Å². The minimum absolute atomic E-state index is 0.201. The van der Waals surface area contributed by atoms with Crippen molar-refractivity contribution >= 4 is 27.3 Å². The fourth-order valence-corrected chi connectivity index (χ4v) is 3.10. The molecule has 0 radical (unpaired) electrons. The summed E-state index contributed by atoms with van der Waals surface area (Å²) in [4.78, 5) is -0.471. The minimum atomic E-state index is -4.07. The number of aryl methyl sites for hydroxylation is 1. The maximum atomic E-state index is 13.9. The summed E-state index contributed by atoms with van der Waals surface area (Å²) in [6.45, 7) is 1.79.